The Morgan fingerprint density at radius 2 is 2.07 bits per heavy atom. The van der Waals surface area contributed by atoms with Crippen molar-refractivity contribution in [2.24, 2.45) is 0 Å². The van der Waals surface area contributed by atoms with Crippen LogP contribution < -0.4 is 4.74 Å². The number of hydrogen-bond acceptors (Lipinski definition) is 1. The Labute approximate surface area is 97.7 Å². The van der Waals surface area contributed by atoms with Gasteiger partial charge in [-0.3, -0.25) is 0 Å². The second kappa shape index (κ2) is 5.07. The van der Waals surface area contributed by atoms with E-state index in [0.717, 1.165) is 4.47 Å². The molecule has 0 aliphatic rings. The van der Waals surface area contributed by atoms with Crippen molar-refractivity contribution in [1.29, 1.82) is 0 Å². The first-order valence-electron chi connectivity index (χ1n) is 3.84. The number of benzene rings is 1. The predicted octanol–water partition coefficient (Wildman–Crippen LogP) is 4.25. The van der Waals surface area contributed by atoms with Crippen LogP contribution in [0.4, 0.5) is 8.78 Å². The van der Waals surface area contributed by atoms with Gasteiger partial charge < -0.3 is 4.74 Å². The van der Waals surface area contributed by atoms with Gasteiger partial charge in [0.1, 0.15) is 5.75 Å². The third-order valence-corrected chi connectivity index (χ3v) is 2.73. The molecule has 0 unspecified atom stereocenters. The second-order valence-electron chi connectivity index (χ2n) is 2.72. The van der Waals surface area contributed by atoms with Crippen LogP contribution in [0.3, 0.4) is 0 Å². The van der Waals surface area contributed by atoms with Gasteiger partial charge in [-0.2, -0.15) is 8.78 Å². The molecule has 0 aromatic heterocycles. The van der Waals surface area contributed by atoms with Crippen LogP contribution in [0.15, 0.2) is 16.6 Å². The summed E-state index contributed by atoms with van der Waals surface area (Å²) in [6, 6.07) is 3.49. The number of aryl methyl sites for hydroxylation is 1. The van der Waals surface area contributed by atoms with Crippen LogP contribution in [0.25, 0.3) is 0 Å². The maximum absolute atomic E-state index is 12.1. The first kappa shape index (κ1) is 11.9. The molecule has 1 rings (SSSR count). The molecule has 0 spiro atoms. The minimum Gasteiger partial charge on any atom is -0.434 e. The van der Waals surface area contributed by atoms with E-state index < -0.39 is 6.61 Å². The highest BCUT2D eigenvalue weighted by atomic mass is 79.9. The molecule has 5 heteroatoms. The second-order valence-corrected chi connectivity index (χ2v) is 4.20. The summed E-state index contributed by atoms with van der Waals surface area (Å²) in [7, 11) is 0. The SMILES string of the molecule is Cc1cc(Br)cc(CBr)c1OC(F)F. The monoisotopic (exact) mass is 328 g/mol. The van der Waals surface area contributed by atoms with Gasteiger partial charge in [0.2, 0.25) is 0 Å². The van der Waals surface area contributed by atoms with Gasteiger partial charge in [0.05, 0.1) is 0 Å². The van der Waals surface area contributed by atoms with E-state index in [2.05, 4.69) is 36.6 Å². The summed E-state index contributed by atoms with van der Waals surface area (Å²) in [6.07, 6.45) is 0. The fraction of sp³-hybridized carbons (Fsp3) is 0.333. The summed E-state index contributed by atoms with van der Waals surface area (Å²) in [5.41, 5.74) is 1.39. The predicted molar refractivity (Wildman–Crippen MR) is 58.1 cm³/mol. The lowest BCUT2D eigenvalue weighted by Crippen LogP contribution is -2.05. The van der Waals surface area contributed by atoms with Crippen molar-refractivity contribution in [1.82, 2.24) is 0 Å². The Balaban J connectivity index is 3.11. The Morgan fingerprint density at radius 1 is 1.43 bits per heavy atom. The van der Waals surface area contributed by atoms with Crippen LogP contribution in [0.1, 0.15) is 11.1 Å². The van der Waals surface area contributed by atoms with Gasteiger partial charge in [-0.25, -0.2) is 0 Å². The molecule has 0 amide bonds. The smallest absolute Gasteiger partial charge is 0.387 e. The number of ether oxygens (including phenoxy) is 1. The molecule has 0 aliphatic carbocycles. The highest BCUT2D eigenvalue weighted by molar-refractivity contribution is 9.10. The van der Waals surface area contributed by atoms with Crippen LogP contribution in [0.5, 0.6) is 5.75 Å². The van der Waals surface area contributed by atoms with Crippen molar-refractivity contribution in [3.63, 3.8) is 0 Å². The third kappa shape index (κ3) is 2.92. The normalized spacial score (nSPS) is 10.7. The number of alkyl halides is 3. The van der Waals surface area contributed by atoms with E-state index in [1.807, 2.05) is 0 Å². The van der Waals surface area contributed by atoms with Crippen molar-refractivity contribution in [3.8, 4) is 5.75 Å². The summed E-state index contributed by atoms with van der Waals surface area (Å²) >= 11 is 6.51. The zero-order chi connectivity index (χ0) is 10.7. The van der Waals surface area contributed by atoms with Crippen LogP contribution in [0.2, 0.25) is 0 Å². The molecule has 0 bridgehead atoms. The molecule has 0 aliphatic heterocycles. The average Bonchev–Trinajstić information content (AvgIpc) is 2.08. The lowest BCUT2D eigenvalue weighted by atomic mass is 10.1. The lowest BCUT2D eigenvalue weighted by molar-refractivity contribution is -0.0507. The van der Waals surface area contributed by atoms with Crippen molar-refractivity contribution < 1.29 is 13.5 Å². The van der Waals surface area contributed by atoms with Gasteiger partial charge in [0.25, 0.3) is 0 Å². The van der Waals surface area contributed by atoms with E-state index in [4.69, 9.17) is 0 Å². The van der Waals surface area contributed by atoms with E-state index in [-0.39, 0.29) is 5.75 Å². The fourth-order valence-corrected chi connectivity index (χ4v) is 2.19. The van der Waals surface area contributed by atoms with Gasteiger partial charge in [0.15, 0.2) is 0 Å². The third-order valence-electron chi connectivity index (χ3n) is 1.67. The number of hydrogen-bond donors (Lipinski definition) is 0. The molecule has 1 aromatic carbocycles. The van der Waals surface area contributed by atoms with Crippen molar-refractivity contribution in [2.45, 2.75) is 18.9 Å². The van der Waals surface area contributed by atoms with Crippen molar-refractivity contribution >= 4 is 31.9 Å². The molecule has 1 nitrogen and oxygen atoms in total. The Hall–Kier alpha value is -0.160. The molecule has 0 radical (unpaired) electrons. The zero-order valence-electron chi connectivity index (χ0n) is 7.36. The number of rotatable bonds is 3. The number of halogens is 4. The first-order chi connectivity index (χ1) is 6.54. The highest BCUT2D eigenvalue weighted by Crippen LogP contribution is 2.30. The van der Waals surface area contributed by atoms with Gasteiger partial charge in [0, 0.05) is 15.4 Å². The minimum atomic E-state index is -2.78. The molecule has 14 heavy (non-hydrogen) atoms. The van der Waals surface area contributed by atoms with Gasteiger partial charge >= 0.3 is 6.61 Å². The Kier molecular flexibility index (Phi) is 4.31. The summed E-state index contributed by atoms with van der Waals surface area (Å²) < 4.78 is 29.4. The van der Waals surface area contributed by atoms with E-state index in [1.54, 1.807) is 19.1 Å². The molecule has 1 aromatic rings. The molecular weight excluding hydrogens is 322 g/mol. The molecule has 0 N–H and O–H groups in total. The maximum Gasteiger partial charge on any atom is 0.387 e. The first-order valence-corrected chi connectivity index (χ1v) is 5.76. The zero-order valence-corrected chi connectivity index (χ0v) is 10.5. The maximum atomic E-state index is 12.1. The van der Waals surface area contributed by atoms with Crippen LogP contribution >= 0.6 is 31.9 Å². The molecule has 0 heterocycles. The van der Waals surface area contributed by atoms with E-state index in [0.29, 0.717) is 16.5 Å². The van der Waals surface area contributed by atoms with Crippen LogP contribution in [-0.2, 0) is 5.33 Å². The quantitative estimate of drug-likeness (QED) is 0.753. The molecule has 0 saturated heterocycles. The standard InChI is InChI=1S/C9H8Br2F2O/c1-5-2-7(11)3-6(4-10)8(5)14-9(12)13/h2-3,9H,4H2,1H3. The van der Waals surface area contributed by atoms with Gasteiger partial charge in [-0.1, -0.05) is 31.9 Å². The Morgan fingerprint density at radius 3 is 2.57 bits per heavy atom. The van der Waals surface area contributed by atoms with Crippen LogP contribution in [-0.4, -0.2) is 6.61 Å². The summed E-state index contributed by atoms with van der Waals surface area (Å²) in [5.74, 6) is 0.250. The van der Waals surface area contributed by atoms with E-state index >= 15 is 0 Å². The van der Waals surface area contributed by atoms with E-state index in [1.165, 1.54) is 0 Å². The molecule has 0 fully saturated rings. The molecule has 0 atom stereocenters. The summed E-state index contributed by atoms with van der Waals surface area (Å²) in [5, 5.41) is 0.481. The van der Waals surface area contributed by atoms with Crippen molar-refractivity contribution in [2.75, 3.05) is 0 Å². The minimum absolute atomic E-state index is 0.250. The average molecular weight is 330 g/mol. The summed E-state index contributed by atoms with van der Waals surface area (Å²) in [6.45, 7) is -1.05. The highest BCUT2D eigenvalue weighted by Gasteiger charge is 2.12. The lowest BCUT2D eigenvalue weighted by Gasteiger charge is -2.12. The largest absolute Gasteiger partial charge is 0.434 e. The van der Waals surface area contributed by atoms with Crippen molar-refractivity contribution in [3.05, 3.63) is 27.7 Å². The molecule has 78 valence electrons. The molecular formula is C9H8Br2F2O. The summed E-state index contributed by atoms with van der Waals surface area (Å²) in [4.78, 5) is 0. The topological polar surface area (TPSA) is 9.23 Å². The van der Waals surface area contributed by atoms with Crippen LogP contribution in [0, 0.1) is 6.92 Å². The Bertz CT molecular complexity index is 329. The fourth-order valence-electron chi connectivity index (χ4n) is 1.16. The van der Waals surface area contributed by atoms with E-state index in [9.17, 15) is 8.78 Å². The van der Waals surface area contributed by atoms with Gasteiger partial charge in [-0.05, 0) is 24.6 Å². The molecule has 0 saturated carbocycles. The van der Waals surface area contributed by atoms with Gasteiger partial charge in [-0.15, -0.1) is 0 Å².